The van der Waals surface area contributed by atoms with Gasteiger partial charge in [-0.15, -0.1) is 11.3 Å². The molecule has 1 amide bonds. The van der Waals surface area contributed by atoms with E-state index in [1.54, 1.807) is 30.5 Å². The number of rotatable bonds is 8. The second-order valence-electron chi connectivity index (χ2n) is 6.40. The van der Waals surface area contributed by atoms with Crippen molar-refractivity contribution < 1.29 is 13.2 Å². The molecule has 146 valence electrons. The Morgan fingerprint density at radius 2 is 1.71 bits per heavy atom. The van der Waals surface area contributed by atoms with Crippen molar-refractivity contribution in [2.24, 2.45) is 0 Å². The zero-order valence-electron chi connectivity index (χ0n) is 15.5. The molecule has 1 aromatic heterocycles. The largest absolute Gasteiger partial charge is 0.326 e. The summed E-state index contributed by atoms with van der Waals surface area (Å²) in [5.74, 6) is -0.0924. The smallest absolute Gasteiger partial charge is 0.243 e. The van der Waals surface area contributed by atoms with Gasteiger partial charge in [0.25, 0.3) is 0 Å². The van der Waals surface area contributed by atoms with Gasteiger partial charge in [0.05, 0.1) is 4.90 Å². The Bertz CT molecular complexity index is 1000. The molecule has 0 unspecified atom stereocenters. The highest BCUT2D eigenvalue weighted by atomic mass is 32.2. The van der Waals surface area contributed by atoms with Crippen molar-refractivity contribution in [3.8, 4) is 0 Å². The highest BCUT2D eigenvalue weighted by molar-refractivity contribution is 7.89. The fourth-order valence-electron chi connectivity index (χ4n) is 2.73. The Balaban J connectivity index is 1.60. The molecule has 1 heterocycles. The molecule has 0 spiro atoms. The number of hydrogen-bond acceptors (Lipinski definition) is 4. The van der Waals surface area contributed by atoms with Crippen LogP contribution in [0.15, 0.2) is 77.0 Å². The molecule has 7 heteroatoms. The number of benzene rings is 2. The van der Waals surface area contributed by atoms with Crippen LogP contribution in [-0.2, 0) is 27.8 Å². The molecule has 3 aromatic rings. The molecule has 0 bridgehead atoms. The summed E-state index contributed by atoms with van der Waals surface area (Å²) >= 11 is 1.63. The molecule has 5 nitrogen and oxygen atoms in total. The Labute approximate surface area is 169 Å². The molecule has 0 fully saturated rings. The number of nitrogens with zero attached hydrogens (tertiary/aromatic N) is 1. The maximum absolute atomic E-state index is 12.7. The number of amides is 1. The SMILES string of the molecule is CN(Cc1ccccc1)S(=O)(=O)c1ccc(NC(=O)CCc2cccs2)cc1. The van der Waals surface area contributed by atoms with Crippen molar-refractivity contribution in [1.29, 1.82) is 0 Å². The minimum Gasteiger partial charge on any atom is -0.326 e. The number of anilines is 1. The highest BCUT2D eigenvalue weighted by Gasteiger charge is 2.20. The highest BCUT2D eigenvalue weighted by Crippen LogP contribution is 2.19. The lowest BCUT2D eigenvalue weighted by Gasteiger charge is -2.17. The number of thiophene rings is 1. The molecular formula is C21H22N2O3S2. The van der Waals surface area contributed by atoms with Crippen molar-refractivity contribution in [1.82, 2.24) is 4.31 Å². The number of aryl methyl sites for hydroxylation is 1. The van der Waals surface area contributed by atoms with Crippen LogP contribution in [0.4, 0.5) is 5.69 Å². The molecule has 28 heavy (non-hydrogen) atoms. The second-order valence-corrected chi connectivity index (χ2v) is 9.48. The van der Waals surface area contributed by atoms with E-state index >= 15 is 0 Å². The van der Waals surface area contributed by atoms with E-state index in [0.29, 0.717) is 25.1 Å². The minimum atomic E-state index is -3.60. The van der Waals surface area contributed by atoms with Gasteiger partial charge in [-0.1, -0.05) is 36.4 Å². The number of nitrogens with one attached hydrogen (secondary N) is 1. The molecule has 3 rings (SSSR count). The predicted octanol–water partition coefficient (Wildman–Crippen LogP) is 4.14. The van der Waals surface area contributed by atoms with Crippen molar-refractivity contribution in [2.75, 3.05) is 12.4 Å². The van der Waals surface area contributed by atoms with E-state index in [1.807, 2.05) is 47.8 Å². The van der Waals surface area contributed by atoms with Crippen LogP contribution >= 0.6 is 11.3 Å². The van der Waals surface area contributed by atoms with Gasteiger partial charge in [-0.3, -0.25) is 4.79 Å². The fourth-order valence-corrected chi connectivity index (χ4v) is 4.60. The average Bonchev–Trinajstić information content (AvgIpc) is 3.21. The summed E-state index contributed by atoms with van der Waals surface area (Å²) in [6.45, 7) is 0.296. The maximum atomic E-state index is 12.7. The van der Waals surface area contributed by atoms with Gasteiger partial charge in [0, 0.05) is 30.6 Å². The van der Waals surface area contributed by atoms with E-state index in [2.05, 4.69) is 5.32 Å². The Morgan fingerprint density at radius 3 is 2.36 bits per heavy atom. The quantitative estimate of drug-likeness (QED) is 0.602. The van der Waals surface area contributed by atoms with Crippen LogP contribution in [0.3, 0.4) is 0 Å². The monoisotopic (exact) mass is 414 g/mol. The Morgan fingerprint density at radius 1 is 1.00 bits per heavy atom. The summed E-state index contributed by atoms with van der Waals surface area (Å²) in [5.41, 5.74) is 1.50. The number of carbonyl (C=O) groups is 1. The van der Waals surface area contributed by atoms with E-state index in [0.717, 1.165) is 10.4 Å². The first-order chi connectivity index (χ1) is 13.4. The minimum absolute atomic E-state index is 0.0924. The molecule has 1 N–H and O–H groups in total. The van der Waals surface area contributed by atoms with Gasteiger partial charge in [0.1, 0.15) is 0 Å². The first kappa shape index (κ1) is 20.3. The summed E-state index contributed by atoms with van der Waals surface area (Å²) < 4.78 is 26.8. The summed E-state index contributed by atoms with van der Waals surface area (Å²) in [6.07, 6.45) is 1.08. The third-order valence-corrected chi connectivity index (χ3v) is 7.03. The normalized spacial score (nSPS) is 11.5. The third-order valence-electron chi connectivity index (χ3n) is 4.27. The molecule has 0 saturated heterocycles. The summed E-state index contributed by atoms with van der Waals surface area (Å²) in [4.78, 5) is 13.4. The Kier molecular flexibility index (Phi) is 6.61. The molecule has 0 radical (unpaired) electrons. The molecule has 0 atom stereocenters. The van der Waals surface area contributed by atoms with Gasteiger partial charge >= 0.3 is 0 Å². The van der Waals surface area contributed by atoms with Crippen LogP contribution in [0.1, 0.15) is 16.9 Å². The van der Waals surface area contributed by atoms with Crippen molar-refractivity contribution >= 4 is 33.0 Å². The van der Waals surface area contributed by atoms with Crippen molar-refractivity contribution in [3.63, 3.8) is 0 Å². The zero-order valence-corrected chi connectivity index (χ0v) is 17.2. The van der Waals surface area contributed by atoms with Gasteiger partial charge in [0.2, 0.25) is 15.9 Å². The lowest BCUT2D eigenvalue weighted by molar-refractivity contribution is -0.116. The number of hydrogen-bond donors (Lipinski definition) is 1. The summed E-state index contributed by atoms with van der Waals surface area (Å²) in [5, 5.41) is 4.80. The van der Waals surface area contributed by atoms with Crippen LogP contribution < -0.4 is 5.32 Å². The van der Waals surface area contributed by atoms with Crippen LogP contribution in [0, 0.1) is 0 Å². The lowest BCUT2D eigenvalue weighted by Crippen LogP contribution is -2.26. The van der Waals surface area contributed by atoms with E-state index in [4.69, 9.17) is 0 Å². The number of carbonyl (C=O) groups excluding carboxylic acids is 1. The van der Waals surface area contributed by atoms with Crippen LogP contribution in [0.5, 0.6) is 0 Å². The second kappa shape index (κ2) is 9.14. The zero-order chi connectivity index (χ0) is 20.0. The predicted molar refractivity (Wildman–Crippen MR) is 113 cm³/mol. The Hall–Kier alpha value is -2.48. The standard InChI is InChI=1S/C21H22N2O3S2/c1-23(16-17-6-3-2-4-7-17)28(25,26)20-12-9-18(10-13-20)22-21(24)14-11-19-8-5-15-27-19/h2-10,12-13,15H,11,14,16H2,1H3,(H,22,24). The average molecular weight is 415 g/mol. The topological polar surface area (TPSA) is 66.5 Å². The van der Waals surface area contributed by atoms with E-state index in [9.17, 15) is 13.2 Å². The van der Waals surface area contributed by atoms with Crippen LogP contribution in [0.2, 0.25) is 0 Å². The third kappa shape index (κ3) is 5.28. The first-order valence-corrected chi connectivity index (χ1v) is 11.2. The van der Waals surface area contributed by atoms with Gasteiger partial charge in [0.15, 0.2) is 0 Å². The van der Waals surface area contributed by atoms with Gasteiger partial charge in [-0.05, 0) is 47.7 Å². The van der Waals surface area contributed by atoms with Gasteiger partial charge < -0.3 is 5.32 Å². The van der Waals surface area contributed by atoms with E-state index < -0.39 is 10.0 Å². The lowest BCUT2D eigenvalue weighted by atomic mass is 10.2. The summed E-state index contributed by atoms with van der Waals surface area (Å²) in [7, 11) is -2.04. The molecule has 0 aliphatic rings. The fraction of sp³-hybridized carbons (Fsp3) is 0.190. The molecule has 2 aromatic carbocycles. The van der Waals surface area contributed by atoms with Crippen LogP contribution in [0.25, 0.3) is 0 Å². The molecular weight excluding hydrogens is 392 g/mol. The molecule has 0 aliphatic carbocycles. The van der Waals surface area contributed by atoms with E-state index in [1.165, 1.54) is 16.4 Å². The van der Waals surface area contributed by atoms with Crippen LogP contribution in [-0.4, -0.2) is 25.7 Å². The van der Waals surface area contributed by atoms with Crippen molar-refractivity contribution in [3.05, 3.63) is 82.6 Å². The molecule has 0 aliphatic heterocycles. The first-order valence-electron chi connectivity index (χ1n) is 8.88. The number of sulfonamides is 1. The van der Waals surface area contributed by atoms with Crippen molar-refractivity contribution in [2.45, 2.75) is 24.3 Å². The van der Waals surface area contributed by atoms with Gasteiger partial charge in [-0.25, -0.2) is 8.42 Å². The maximum Gasteiger partial charge on any atom is 0.243 e. The molecule has 0 saturated carbocycles. The van der Waals surface area contributed by atoms with Gasteiger partial charge in [-0.2, -0.15) is 4.31 Å². The van der Waals surface area contributed by atoms with E-state index in [-0.39, 0.29) is 10.8 Å². The summed E-state index contributed by atoms with van der Waals surface area (Å²) in [6, 6.07) is 19.7.